The molecule has 3 atom stereocenters. The maximum absolute atomic E-state index is 6.06. The third kappa shape index (κ3) is 3.74. The summed E-state index contributed by atoms with van der Waals surface area (Å²) in [5, 5.41) is 3.63. The van der Waals surface area contributed by atoms with Crippen molar-refractivity contribution < 1.29 is 4.74 Å². The molecule has 0 saturated carbocycles. The molecular formula is C14H29NO. The van der Waals surface area contributed by atoms with Crippen LogP contribution in [0.2, 0.25) is 0 Å². The van der Waals surface area contributed by atoms with Gasteiger partial charge < -0.3 is 10.1 Å². The second-order valence-electron chi connectivity index (χ2n) is 5.48. The minimum Gasteiger partial charge on any atom is -0.374 e. The van der Waals surface area contributed by atoms with E-state index in [0.717, 1.165) is 19.1 Å². The molecule has 96 valence electrons. The molecule has 1 fully saturated rings. The van der Waals surface area contributed by atoms with Gasteiger partial charge in [0.25, 0.3) is 0 Å². The van der Waals surface area contributed by atoms with Crippen LogP contribution in [0, 0.1) is 5.92 Å². The lowest BCUT2D eigenvalue weighted by atomic mass is 9.83. The van der Waals surface area contributed by atoms with Gasteiger partial charge in [0.05, 0.1) is 5.60 Å². The zero-order chi connectivity index (χ0) is 12.0. The quantitative estimate of drug-likeness (QED) is 0.751. The van der Waals surface area contributed by atoms with Crippen molar-refractivity contribution >= 4 is 0 Å². The Hall–Kier alpha value is -0.0800. The van der Waals surface area contributed by atoms with Crippen LogP contribution < -0.4 is 5.32 Å². The van der Waals surface area contributed by atoms with E-state index in [1.165, 1.54) is 32.1 Å². The van der Waals surface area contributed by atoms with Crippen LogP contribution in [0.25, 0.3) is 0 Å². The third-order valence-electron chi connectivity index (χ3n) is 4.02. The highest BCUT2D eigenvalue weighted by atomic mass is 16.5. The first-order chi connectivity index (χ1) is 7.62. The van der Waals surface area contributed by atoms with Gasteiger partial charge in [0, 0.05) is 12.6 Å². The molecule has 0 amide bonds. The normalized spacial score (nSPS) is 30.0. The molecule has 2 heteroatoms. The lowest BCUT2D eigenvalue weighted by molar-refractivity contribution is -0.0921. The molecule has 1 rings (SSSR count). The Labute approximate surface area is 101 Å². The van der Waals surface area contributed by atoms with Gasteiger partial charge in [-0.3, -0.25) is 0 Å². The average Bonchev–Trinajstić information content (AvgIpc) is 2.29. The van der Waals surface area contributed by atoms with Crippen molar-refractivity contribution in [1.82, 2.24) is 5.32 Å². The average molecular weight is 227 g/mol. The van der Waals surface area contributed by atoms with Gasteiger partial charge >= 0.3 is 0 Å². The van der Waals surface area contributed by atoms with Crippen LogP contribution in [0.1, 0.15) is 59.8 Å². The minimum atomic E-state index is 0.0672. The van der Waals surface area contributed by atoms with E-state index in [1.54, 1.807) is 0 Å². The molecule has 0 bridgehead atoms. The molecule has 1 aliphatic heterocycles. The Morgan fingerprint density at radius 3 is 2.56 bits per heavy atom. The summed E-state index contributed by atoms with van der Waals surface area (Å²) in [5.74, 6) is 0.784. The van der Waals surface area contributed by atoms with Gasteiger partial charge in [0.1, 0.15) is 0 Å². The van der Waals surface area contributed by atoms with E-state index in [9.17, 15) is 0 Å². The Bertz CT molecular complexity index is 187. The Kier molecular flexibility index (Phi) is 5.77. The minimum absolute atomic E-state index is 0.0672. The van der Waals surface area contributed by atoms with E-state index in [1.807, 2.05) is 0 Å². The number of hydrogen-bond donors (Lipinski definition) is 1. The Balaban J connectivity index is 2.59. The summed E-state index contributed by atoms with van der Waals surface area (Å²) in [5.41, 5.74) is 0.0672. The maximum atomic E-state index is 6.06. The highest BCUT2D eigenvalue weighted by molar-refractivity contribution is 4.92. The van der Waals surface area contributed by atoms with E-state index in [0.29, 0.717) is 6.04 Å². The van der Waals surface area contributed by atoms with Gasteiger partial charge in [-0.15, -0.1) is 0 Å². The zero-order valence-corrected chi connectivity index (χ0v) is 11.5. The molecular weight excluding hydrogens is 198 g/mol. The van der Waals surface area contributed by atoms with Crippen molar-refractivity contribution in [3.63, 3.8) is 0 Å². The first-order valence-corrected chi connectivity index (χ1v) is 6.99. The monoisotopic (exact) mass is 227 g/mol. The van der Waals surface area contributed by atoms with Crippen molar-refractivity contribution in [3.05, 3.63) is 0 Å². The lowest BCUT2D eigenvalue weighted by Crippen LogP contribution is -2.52. The van der Waals surface area contributed by atoms with Crippen LogP contribution in [0.4, 0.5) is 0 Å². The number of rotatable bonds is 6. The summed E-state index contributed by atoms with van der Waals surface area (Å²) in [7, 11) is 0. The topological polar surface area (TPSA) is 21.3 Å². The molecule has 0 aromatic rings. The van der Waals surface area contributed by atoms with Crippen LogP contribution in [-0.4, -0.2) is 24.8 Å². The van der Waals surface area contributed by atoms with Crippen molar-refractivity contribution in [2.24, 2.45) is 5.92 Å². The second kappa shape index (κ2) is 6.61. The molecule has 2 nitrogen and oxygen atoms in total. The van der Waals surface area contributed by atoms with Crippen molar-refractivity contribution in [2.45, 2.75) is 71.4 Å². The molecule has 0 aromatic carbocycles. The molecule has 3 unspecified atom stereocenters. The van der Waals surface area contributed by atoms with Gasteiger partial charge in [-0.1, -0.05) is 27.2 Å². The van der Waals surface area contributed by atoms with Gasteiger partial charge in [0.2, 0.25) is 0 Å². The highest BCUT2D eigenvalue weighted by Gasteiger charge is 2.36. The van der Waals surface area contributed by atoms with Crippen molar-refractivity contribution in [2.75, 3.05) is 13.2 Å². The molecule has 1 N–H and O–H groups in total. The highest BCUT2D eigenvalue weighted by Crippen LogP contribution is 2.31. The standard InChI is InChI=1S/C14H29NO/c1-5-12(3)11-13(15-6-2)14(4)9-7-8-10-16-14/h12-13,15H,5-11H2,1-4H3. The first kappa shape index (κ1) is 14.0. The molecule has 0 spiro atoms. The SMILES string of the molecule is CCNC(CC(C)CC)C1(C)CCCCO1. The summed E-state index contributed by atoms with van der Waals surface area (Å²) < 4.78 is 6.06. The molecule has 1 aliphatic rings. The molecule has 0 radical (unpaired) electrons. The van der Waals surface area contributed by atoms with Crippen LogP contribution >= 0.6 is 0 Å². The van der Waals surface area contributed by atoms with E-state index in [2.05, 4.69) is 33.0 Å². The number of nitrogens with one attached hydrogen (secondary N) is 1. The number of ether oxygens (including phenoxy) is 1. The Morgan fingerprint density at radius 1 is 1.31 bits per heavy atom. The van der Waals surface area contributed by atoms with Crippen LogP contribution in [0.5, 0.6) is 0 Å². The van der Waals surface area contributed by atoms with Crippen molar-refractivity contribution in [1.29, 1.82) is 0 Å². The summed E-state index contributed by atoms with van der Waals surface area (Å²) in [6, 6.07) is 0.521. The molecule has 0 aliphatic carbocycles. The predicted molar refractivity (Wildman–Crippen MR) is 69.7 cm³/mol. The lowest BCUT2D eigenvalue weighted by Gasteiger charge is -2.42. The van der Waals surface area contributed by atoms with E-state index in [4.69, 9.17) is 4.74 Å². The predicted octanol–water partition coefficient (Wildman–Crippen LogP) is 3.36. The number of likely N-dealkylation sites (N-methyl/N-ethyl adjacent to an activating group) is 1. The van der Waals surface area contributed by atoms with Crippen LogP contribution in [-0.2, 0) is 4.74 Å². The zero-order valence-electron chi connectivity index (χ0n) is 11.5. The summed E-state index contributed by atoms with van der Waals surface area (Å²) in [4.78, 5) is 0. The Morgan fingerprint density at radius 2 is 2.06 bits per heavy atom. The fourth-order valence-electron chi connectivity index (χ4n) is 2.59. The molecule has 1 saturated heterocycles. The summed E-state index contributed by atoms with van der Waals surface area (Å²) in [6.45, 7) is 11.1. The maximum Gasteiger partial charge on any atom is 0.0806 e. The number of hydrogen-bond acceptors (Lipinski definition) is 2. The van der Waals surface area contributed by atoms with Gasteiger partial charge in [0.15, 0.2) is 0 Å². The van der Waals surface area contributed by atoms with Crippen molar-refractivity contribution in [3.8, 4) is 0 Å². The fraction of sp³-hybridized carbons (Fsp3) is 1.00. The van der Waals surface area contributed by atoms with E-state index in [-0.39, 0.29) is 5.60 Å². The van der Waals surface area contributed by atoms with Crippen LogP contribution in [0.15, 0.2) is 0 Å². The van der Waals surface area contributed by atoms with E-state index < -0.39 is 0 Å². The second-order valence-corrected chi connectivity index (χ2v) is 5.48. The summed E-state index contributed by atoms with van der Waals surface area (Å²) in [6.07, 6.45) is 6.26. The van der Waals surface area contributed by atoms with Gasteiger partial charge in [-0.2, -0.15) is 0 Å². The van der Waals surface area contributed by atoms with E-state index >= 15 is 0 Å². The molecule has 16 heavy (non-hydrogen) atoms. The van der Waals surface area contributed by atoms with Crippen LogP contribution in [0.3, 0.4) is 0 Å². The largest absolute Gasteiger partial charge is 0.374 e. The first-order valence-electron chi connectivity index (χ1n) is 6.99. The molecule has 0 aromatic heterocycles. The fourth-order valence-corrected chi connectivity index (χ4v) is 2.59. The third-order valence-corrected chi connectivity index (χ3v) is 4.02. The smallest absolute Gasteiger partial charge is 0.0806 e. The van der Waals surface area contributed by atoms with Gasteiger partial charge in [-0.25, -0.2) is 0 Å². The van der Waals surface area contributed by atoms with Gasteiger partial charge in [-0.05, 0) is 45.1 Å². The molecule has 1 heterocycles. The summed E-state index contributed by atoms with van der Waals surface area (Å²) >= 11 is 0.